The van der Waals surface area contributed by atoms with Crippen molar-refractivity contribution in [3.05, 3.63) is 66.1 Å². The van der Waals surface area contributed by atoms with Crippen LogP contribution in [0.4, 0.5) is 13.2 Å². The molecule has 4 aromatic heterocycles. The minimum Gasteiger partial charge on any atom is -0.480 e. The fraction of sp³-hybridized carbons (Fsp3) is 0.357. The van der Waals surface area contributed by atoms with Gasteiger partial charge in [-0.2, -0.15) is 18.3 Å². The Bertz CT molecular complexity index is 1720. The fourth-order valence-corrected chi connectivity index (χ4v) is 5.08. The van der Waals surface area contributed by atoms with Crippen molar-refractivity contribution in [3.8, 4) is 28.7 Å². The fourth-order valence-electron chi connectivity index (χ4n) is 5.08. The first-order valence-corrected chi connectivity index (χ1v) is 13.2. The lowest BCUT2D eigenvalue weighted by atomic mass is 9.81. The van der Waals surface area contributed by atoms with E-state index in [0.717, 1.165) is 31.2 Å². The largest absolute Gasteiger partial charge is 0.480 e. The van der Waals surface area contributed by atoms with Gasteiger partial charge in [0.1, 0.15) is 17.7 Å². The molecule has 4 heterocycles. The third-order valence-corrected chi connectivity index (χ3v) is 7.57. The second kappa shape index (κ2) is 9.91. The van der Waals surface area contributed by atoms with Crippen molar-refractivity contribution in [2.24, 2.45) is 0 Å². The van der Waals surface area contributed by atoms with Crippen molar-refractivity contribution >= 4 is 11.0 Å². The average Bonchev–Trinajstić information content (AvgIpc) is 3.57. The molecule has 0 radical (unpaired) electrons. The molecule has 5 aromatic rings. The number of alkyl halides is 3. The Morgan fingerprint density at radius 3 is 2.44 bits per heavy atom. The summed E-state index contributed by atoms with van der Waals surface area (Å²) in [4.78, 5) is 21.9. The van der Waals surface area contributed by atoms with Gasteiger partial charge >= 0.3 is 6.18 Å². The van der Waals surface area contributed by atoms with Crippen molar-refractivity contribution in [2.45, 2.75) is 57.5 Å². The number of hydrogen-bond donors (Lipinski definition) is 1. The van der Waals surface area contributed by atoms with Crippen LogP contribution in [-0.4, -0.2) is 51.5 Å². The number of imidazole rings is 1. The summed E-state index contributed by atoms with van der Waals surface area (Å²) in [6.45, 7) is 3.63. The molecule has 0 spiro atoms. The molecule has 0 saturated heterocycles. The molecule has 0 amide bonds. The smallest absolute Gasteiger partial charge is 0.434 e. The molecule has 1 unspecified atom stereocenters. The van der Waals surface area contributed by atoms with Crippen LogP contribution in [0.15, 0.2) is 49.2 Å². The predicted molar refractivity (Wildman–Crippen MR) is 143 cm³/mol. The molecule has 6 rings (SSSR count). The van der Waals surface area contributed by atoms with Gasteiger partial charge in [-0.1, -0.05) is 30.7 Å². The first-order valence-electron chi connectivity index (χ1n) is 13.2. The van der Waals surface area contributed by atoms with Crippen molar-refractivity contribution in [2.75, 3.05) is 7.11 Å². The Balaban J connectivity index is 1.39. The minimum atomic E-state index is -4.55. The minimum absolute atomic E-state index is 0.189. The van der Waals surface area contributed by atoms with Crippen LogP contribution in [0.1, 0.15) is 56.0 Å². The number of methoxy groups -OCH3 is 1. The maximum absolute atomic E-state index is 13.3. The third-order valence-electron chi connectivity index (χ3n) is 7.57. The number of fused-ring (bicyclic) bond motifs is 1. The predicted octanol–water partition coefficient (Wildman–Crippen LogP) is 5.17. The van der Waals surface area contributed by atoms with E-state index in [1.165, 1.54) is 22.7 Å². The molecule has 1 aromatic carbocycles. The van der Waals surface area contributed by atoms with Gasteiger partial charge in [-0.15, -0.1) is 0 Å². The second-order valence-electron chi connectivity index (χ2n) is 10.1. The Morgan fingerprint density at radius 2 is 1.80 bits per heavy atom. The molecule has 41 heavy (non-hydrogen) atoms. The lowest BCUT2D eigenvalue weighted by Gasteiger charge is -2.27. The number of benzene rings is 1. The highest BCUT2D eigenvalue weighted by atomic mass is 19.4. The Labute approximate surface area is 232 Å². The van der Waals surface area contributed by atoms with E-state index in [-0.39, 0.29) is 11.7 Å². The molecular weight excluding hydrogens is 537 g/mol. The van der Waals surface area contributed by atoms with Gasteiger partial charge in [-0.05, 0) is 26.7 Å². The summed E-state index contributed by atoms with van der Waals surface area (Å²) >= 11 is 0. The number of aryl methyl sites for hydroxylation is 1. The van der Waals surface area contributed by atoms with Crippen LogP contribution in [0.2, 0.25) is 0 Å². The lowest BCUT2D eigenvalue weighted by Crippen LogP contribution is -2.32. The topological polar surface area (TPSA) is 117 Å². The second-order valence-corrected chi connectivity index (χ2v) is 10.1. The average molecular weight is 565 g/mol. The maximum Gasteiger partial charge on any atom is 0.434 e. The number of ether oxygens (including phenoxy) is 1. The van der Waals surface area contributed by atoms with Gasteiger partial charge in [-0.25, -0.2) is 29.6 Å². The summed E-state index contributed by atoms with van der Waals surface area (Å²) in [5.74, 6) is 1.18. The molecule has 1 N–H and O–H groups in total. The zero-order valence-electron chi connectivity index (χ0n) is 22.6. The van der Waals surface area contributed by atoms with Gasteiger partial charge in [-0.3, -0.25) is 0 Å². The summed E-state index contributed by atoms with van der Waals surface area (Å²) in [5, 5.41) is 16.7. The summed E-state index contributed by atoms with van der Waals surface area (Å²) in [6, 6.07) is 6.52. The normalized spacial score (nSPS) is 15.6. The molecule has 1 aliphatic rings. The van der Waals surface area contributed by atoms with Crippen molar-refractivity contribution < 1.29 is 23.0 Å². The van der Waals surface area contributed by atoms with Gasteiger partial charge in [0.15, 0.2) is 22.9 Å². The van der Waals surface area contributed by atoms with Gasteiger partial charge in [0.2, 0.25) is 5.88 Å². The van der Waals surface area contributed by atoms with E-state index in [2.05, 4.69) is 25.0 Å². The zero-order valence-corrected chi connectivity index (χ0v) is 22.6. The van der Waals surface area contributed by atoms with E-state index < -0.39 is 17.6 Å². The van der Waals surface area contributed by atoms with Gasteiger partial charge in [0.05, 0.1) is 24.4 Å². The van der Waals surface area contributed by atoms with Gasteiger partial charge < -0.3 is 14.4 Å². The summed E-state index contributed by atoms with van der Waals surface area (Å²) in [5.41, 5.74) is 0.148. The monoisotopic (exact) mass is 564 g/mol. The van der Waals surface area contributed by atoms with E-state index in [9.17, 15) is 18.3 Å². The summed E-state index contributed by atoms with van der Waals surface area (Å²) in [7, 11) is 1.53. The molecule has 1 atom stereocenters. The van der Waals surface area contributed by atoms with Crippen LogP contribution in [0, 0.1) is 0 Å². The highest BCUT2D eigenvalue weighted by Crippen LogP contribution is 2.42. The molecule has 0 bridgehead atoms. The highest BCUT2D eigenvalue weighted by molar-refractivity contribution is 5.77. The van der Waals surface area contributed by atoms with Crippen LogP contribution in [0.25, 0.3) is 33.8 Å². The van der Waals surface area contributed by atoms with E-state index in [0.29, 0.717) is 46.0 Å². The van der Waals surface area contributed by atoms with Crippen molar-refractivity contribution in [1.29, 1.82) is 0 Å². The Kier molecular flexibility index (Phi) is 6.48. The van der Waals surface area contributed by atoms with E-state index in [4.69, 9.17) is 9.72 Å². The van der Waals surface area contributed by atoms with Crippen LogP contribution < -0.4 is 4.74 Å². The van der Waals surface area contributed by atoms with Crippen LogP contribution >= 0.6 is 0 Å². The molecule has 212 valence electrons. The maximum atomic E-state index is 13.3. The third kappa shape index (κ3) is 4.59. The number of halogens is 3. The van der Waals surface area contributed by atoms with Crippen LogP contribution in [0.3, 0.4) is 0 Å². The molecule has 1 aliphatic carbocycles. The standard InChI is InChI=1S/C28H27F3N8O2/c1-4-38-14-20(28(29,30)31)36-24(38)17-8-10-19(11-9-17)27(2,40)39-25-18(13-35-39)12-32-23(37-25)21-22(16-6-5-7-16)33-15-34-26(21)41-3/h8-16,40H,4-7H2,1-3H3. The number of rotatable bonds is 7. The molecule has 13 heteroatoms. The molecule has 10 nitrogen and oxygen atoms in total. The van der Waals surface area contributed by atoms with Crippen molar-refractivity contribution in [3.63, 3.8) is 0 Å². The molecule has 0 aliphatic heterocycles. The number of aromatic nitrogens is 8. The first-order chi connectivity index (χ1) is 19.6. The van der Waals surface area contributed by atoms with Crippen molar-refractivity contribution in [1.82, 2.24) is 39.3 Å². The SMILES string of the molecule is CCn1cc(C(F)(F)F)nc1-c1ccc(C(C)(O)n2ncc3cnc(-c4c(OC)ncnc4C4CCC4)nc32)cc1. The lowest BCUT2D eigenvalue weighted by molar-refractivity contribution is -0.140. The Hall–Kier alpha value is -4.39. The number of nitrogens with zero attached hydrogens (tertiary/aromatic N) is 8. The summed E-state index contributed by atoms with van der Waals surface area (Å²) < 4.78 is 48.1. The molecule has 1 fully saturated rings. The summed E-state index contributed by atoms with van der Waals surface area (Å²) in [6.07, 6.45) is 4.25. The quantitative estimate of drug-likeness (QED) is 0.288. The Morgan fingerprint density at radius 1 is 1.05 bits per heavy atom. The van der Waals surface area contributed by atoms with Gasteiger partial charge in [0.25, 0.3) is 0 Å². The van der Waals surface area contributed by atoms with Crippen LogP contribution in [-0.2, 0) is 18.4 Å². The van der Waals surface area contributed by atoms with Gasteiger partial charge in [0, 0.05) is 36.0 Å². The van der Waals surface area contributed by atoms with Crippen LogP contribution in [0.5, 0.6) is 5.88 Å². The molecule has 1 saturated carbocycles. The van der Waals surface area contributed by atoms with E-state index in [1.807, 2.05) is 0 Å². The van der Waals surface area contributed by atoms with E-state index in [1.54, 1.807) is 50.5 Å². The first kappa shape index (κ1) is 26.8. The number of hydrogen-bond acceptors (Lipinski definition) is 8. The van der Waals surface area contributed by atoms with E-state index >= 15 is 0 Å². The number of aliphatic hydroxyl groups is 1. The molecular formula is C28H27F3N8O2. The highest BCUT2D eigenvalue weighted by Gasteiger charge is 2.35. The zero-order chi connectivity index (χ0) is 28.9.